The van der Waals surface area contributed by atoms with Crippen molar-refractivity contribution in [3.8, 4) is 5.75 Å². The molecular formula is C19H22N2O4S2. The molecule has 0 unspecified atom stereocenters. The molecule has 1 aliphatic rings. The molecule has 1 aromatic heterocycles. The molecule has 0 atom stereocenters. The van der Waals surface area contributed by atoms with Crippen molar-refractivity contribution in [2.24, 2.45) is 5.41 Å². The number of sulfonamides is 1. The van der Waals surface area contributed by atoms with Crippen molar-refractivity contribution in [2.45, 2.75) is 25.0 Å². The van der Waals surface area contributed by atoms with Crippen LogP contribution in [-0.4, -0.2) is 27.5 Å². The number of nitrogens with one attached hydrogen (secondary N) is 1. The minimum Gasteiger partial charge on any atom is -0.490 e. The largest absolute Gasteiger partial charge is 0.490 e. The van der Waals surface area contributed by atoms with Crippen molar-refractivity contribution in [2.75, 3.05) is 22.8 Å². The number of aryl methyl sites for hydroxylation is 1. The van der Waals surface area contributed by atoms with E-state index in [4.69, 9.17) is 4.74 Å². The van der Waals surface area contributed by atoms with E-state index < -0.39 is 15.4 Å². The molecule has 0 radical (unpaired) electrons. The topological polar surface area (TPSA) is 75.7 Å². The van der Waals surface area contributed by atoms with Gasteiger partial charge < -0.3 is 9.64 Å². The Labute approximate surface area is 163 Å². The van der Waals surface area contributed by atoms with E-state index in [-0.39, 0.29) is 16.7 Å². The summed E-state index contributed by atoms with van der Waals surface area (Å²) in [6.45, 7) is 9.76. The van der Waals surface area contributed by atoms with Gasteiger partial charge in [-0.25, -0.2) is 8.42 Å². The summed E-state index contributed by atoms with van der Waals surface area (Å²) < 4.78 is 33.8. The average Bonchev–Trinajstić information content (AvgIpc) is 3.02. The van der Waals surface area contributed by atoms with Crippen LogP contribution in [0, 0.1) is 12.3 Å². The lowest BCUT2D eigenvalue weighted by atomic mass is 9.93. The lowest BCUT2D eigenvalue weighted by Crippen LogP contribution is -2.42. The Hall–Kier alpha value is -2.32. The van der Waals surface area contributed by atoms with Crippen LogP contribution in [0.2, 0.25) is 0 Å². The molecule has 2 heterocycles. The first kappa shape index (κ1) is 19.4. The predicted octanol–water partition coefficient (Wildman–Crippen LogP) is 3.79. The smallest absolute Gasteiger partial charge is 0.271 e. The molecule has 1 aliphatic heterocycles. The second-order valence-electron chi connectivity index (χ2n) is 7.03. The fourth-order valence-corrected chi connectivity index (χ4v) is 5.11. The Kier molecular flexibility index (Phi) is 5.05. The fraction of sp³-hybridized carbons (Fsp3) is 0.316. The molecule has 0 saturated heterocycles. The molecule has 1 aromatic carbocycles. The summed E-state index contributed by atoms with van der Waals surface area (Å²) in [4.78, 5) is 15.4. The Bertz CT molecular complexity index is 993. The molecule has 1 amide bonds. The lowest BCUT2D eigenvalue weighted by Gasteiger charge is -2.27. The van der Waals surface area contributed by atoms with Crippen LogP contribution in [-0.2, 0) is 14.8 Å². The minimum absolute atomic E-state index is 0.102. The molecule has 3 rings (SSSR count). The molecule has 0 aliphatic carbocycles. The number of rotatable bonds is 5. The van der Waals surface area contributed by atoms with Crippen molar-refractivity contribution in [1.29, 1.82) is 0 Å². The summed E-state index contributed by atoms with van der Waals surface area (Å²) in [7, 11) is -3.69. The highest BCUT2D eigenvalue weighted by Gasteiger charge is 2.37. The third kappa shape index (κ3) is 3.86. The molecular weight excluding hydrogens is 384 g/mol. The van der Waals surface area contributed by atoms with E-state index in [0.717, 1.165) is 4.88 Å². The van der Waals surface area contributed by atoms with E-state index in [9.17, 15) is 13.2 Å². The third-order valence-corrected chi connectivity index (χ3v) is 7.08. The SMILES string of the molecule is C=CCN1C(=O)C(C)(C)COc2ccc(NS(=O)(=O)c3ccc(C)s3)cc21. The number of thiophene rings is 1. The molecule has 144 valence electrons. The summed E-state index contributed by atoms with van der Waals surface area (Å²) in [5.41, 5.74) is 0.189. The van der Waals surface area contributed by atoms with Crippen molar-refractivity contribution >= 4 is 38.6 Å². The third-order valence-electron chi connectivity index (χ3n) is 4.21. The number of nitrogens with zero attached hydrogens (tertiary/aromatic N) is 1. The van der Waals surface area contributed by atoms with Crippen molar-refractivity contribution in [3.05, 3.63) is 47.9 Å². The van der Waals surface area contributed by atoms with Crippen LogP contribution in [0.3, 0.4) is 0 Å². The number of amides is 1. The maximum atomic E-state index is 12.9. The van der Waals surface area contributed by atoms with Gasteiger partial charge in [0.1, 0.15) is 16.6 Å². The van der Waals surface area contributed by atoms with Crippen LogP contribution in [0.15, 0.2) is 47.2 Å². The molecule has 8 heteroatoms. The number of fused-ring (bicyclic) bond motifs is 1. The van der Waals surface area contributed by atoms with Crippen LogP contribution in [0.4, 0.5) is 11.4 Å². The van der Waals surface area contributed by atoms with Crippen molar-refractivity contribution in [1.82, 2.24) is 0 Å². The lowest BCUT2D eigenvalue weighted by molar-refractivity contribution is -0.127. The Balaban J connectivity index is 1.99. The summed E-state index contributed by atoms with van der Waals surface area (Å²) >= 11 is 1.20. The van der Waals surface area contributed by atoms with E-state index in [1.165, 1.54) is 11.3 Å². The molecule has 27 heavy (non-hydrogen) atoms. The van der Waals surface area contributed by atoms with Crippen molar-refractivity contribution in [3.63, 3.8) is 0 Å². The van der Waals surface area contributed by atoms with Gasteiger partial charge in [-0.1, -0.05) is 6.08 Å². The summed E-state index contributed by atoms with van der Waals surface area (Å²) in [5, 5.41) is 0. The van der Waals surface area contributed by atoms with Gasteiger partial charge in [-0.15, -0.1) is 17.9 Å². The van der Waals surface area contributed by atoms with E-state index in [1.807, 2.05) is 20.8 Å². The van der Waals surface area contributed by atoms with Gasteiger partial charge in [0.25, 0.3) is 10.0 Å². The molecule has 0 spiro atoms. The number of hydrogen-bond donors (Lipinski definition) is 1. The highest BCUT2D eigenvalue weighted by molar-refractivity contribution is 7.94. The number of hydrogen-bond acceptors (Lipinski definition) is 5. The van der Waals surface area contributed by atoms with Crippen LogP contribution in [0.25, 0.3) is 0 Å². The highest BCUT2D eigenvalue weighted by atomic mass is 32.2. The fourth-order valence-electron chi connectivity index (χ4n) is 2.78. The first-order valence-corrected chi connectivity index (χ1v) is 10.7. The average molecular weight is 407 g/mol. The van der Waals surface area contributed by atoms with Gasteiger partial charge in [0.2, 0.25) is 5.91 Å². The summed E-state index contributed by atoms with van der Waals surface area (Å²) in [6.07, 6.45) is 1.63. The van der Waals surface area contributed by atoms with Crippen LogP contribution in [0.5, 0.6) is 5.75 Å². The quantitative estimate of drug-likeness (QED) is 0.767. The first-order chi connectivity index (χ1) is 12.6. The Morgan fingerprint density at radius 3 is 2.70 bits per heavy atom. The van der Waals surface area contributed by atoms with Gasteiger partial charge >= 0.3 is 0 Å². The Morgan fingerprint density at radius 2 is 2.07 bits per heavy atom. The van der Waals surface area contributed by atoms with Crippen LogP contribution in [0.1, 0.15) is 18.7 Å². The maximum Gasteiger partial charge on any atom is 0.271 e. The second kappa shape index (κ2) is 7.01. The van der Waals surface area contributed by atoms with Gasteiger partial charge in [0.05, 0.1) is 16.8 Å². The Morgan fingerprint density at radius 1 is 1.33 bits per heavy atom. The van der Waals surface area contributed by atoms with E-state index in [1.54, 1.807) is 41.3 Å². The molecule has 1 N–H and O–H groups in total. The predicted molar refractivity (Wildman–Crippen MR) is 108 cm³/mol. The van der Waals surface area contributed by atoms with Gasteiger partial charge in [-0.3, -0.25) is 9.52 Å². The van der Waals surface area contributed by atoms with Crippen LogP contribution < -0.4 is 14.4 Å². The molecule has 0 saturated carbocycles. The maximum absolute atomic E-state index is 12.9. The van der Waals surface area contributed by atoms with Crippen molar-refractivity contribution < 1.29 is 17.9 Å². The zero-order chi connectivity index (χ0) is 19.8. The van der Waals surface area contributed by atoms with Crippen LogP contribution >= 0.6 is 11.3 Å². The van der Waals surface area contributed by atoms with Gasteiger partial charge in [-0.2, -0.15) is 0 Å². The number of benzene rings is 1. The monoisotopic (exact) mass is 406 g/mol. The van der Waals surface area contributed by atoms with Gasteiger partial charge in [-0.05, 0) is 51.1 Å². The molecule has 6 nitrogen and oxygen atoms in total. The van der Waals surface area contributed by atoms with E-state index in [2.05, 4.69) is 11.3 Å². The number of carbonyl (C=O) groups is 1. The highest BCUT2D eigenvalue weighted by Crippen LogP contribution is 2.38. The summed E-state index contributed by atoms with van der Waals surface area (Å²) in [5.74, 6) is 0.431. The molecule has 0 fully saturated rings. The minimum atomic E-state index is -3.69. The van der Waals surface area contributed by atoms with E-state index >= 15 is 0 Å². The number of ether oxygens (including phenoxy) is 1. The number of carbonyl (C=O) groups excluding carboxylic acids is 1. The standard InChI is InChI=1S/C19H22N2O4S2/c1-5-10-21-15-11-14(20-27(23,24)17-9-6-13(2)26-17)7-8-16(15)25-12-19(3,4)18(21)22/h5-9,11,20H,1,10,12H2,2-4H3. The zero-order valence-corrected chi connectivity index (χ0v) is 17.1. The van der Waals surface area contributed by atoms with E-state index in [0.29, 0.717) is 23.7 Å². The number of anilines is 2. The van der Waals surface area contributed by atoms with Gasteiger partial charge in [0, 0.05) is 11.4 Å². The van der Waals surface area contributed by atoms with Gasteiger partial charge in [0.15, 0.2) is 0 Å². The normalized spacial score (nSPS) is 16.3. The first-order valence-electron chi connectivity index (χ1n) is 8.43. The summed E-state index contributed by atoms with van der Waals surface area (Å²) in [6, 6.07) is 8.27. The zero-order valence-electron chi connectivity index (χ0n) is 15.5. The molecule has 2 aromatic rings. The second-order valence-corrected chi connectivity index (χ2v) is 10.2. The molecule has 0 bridgehead atoms.